The summed E-state index contributed by atoms with van der Waals surface area (Å²) in [6.07, 6.45) is 0. The molecule has 0 radical (unpaired) electrons. The number of anilines is 1. The number of aryl methyl sites for hydroxylation is 2. The Kier molecular flexibility index (Phi) is 6.23. The van der Waals surface area contributed by atoms with E-state index in [2.05, 4.69) is 33.7 Å². The fourth-order valence-electron chi connectivity index (χ4n) is 5.33. The molecule has 1 aliphatic heterocycles. The van der Waals surface area contributed by atoms with Crippen molar-refractivity contribution >= 4 is 28.3 Å². The van der Waals surface area contributed by atoms with Gasteiger partial charge in [-0.05, 0) is 62.2 Å². The van der Waals surface area contributed by atoms with Crippen LogP contribution in [0.1, 0.15) is 36.7 Å². The Morgan fingerprint density at radius 2 is 1.49 bits per heavy atom. The molecule has 0 amide bonds. The van der Waals surface area contributed by atoms with Gasteiger partial charge < -0.3 is 4.90 Å². The van der Waals surface area contributed by atoms with E-state index in [9.17, 15) is 8.78 Å². The minimum atomic E-state index is -0.275. The maximum atomic E-state index is 13.7. The molecule has 1 fully saturated rings. The molecule has 2 aromatic carbocycles. The molecule has 5 rings (SSSR count). The van der Waals surface area contributed by atoms with Gasteiger partial charge in [0.2, 0.25) is 0 Å². The normalized spacial score (nSPS) is 19.1. The highest BCUT2D eigenvalue weighted by Crippen LogP contribution is 2.38. The third kappa shape index (κ3) is 4.39. The van der Waals surface area contributed by atoms with Gasteiger partial charge in [-0.25, -0.2) is 13.8 Å². The second-order valence-corrected chi connectivity index (χ2v) is 9.81. The molecule has 4 aromatic rings. The number of benzene rings is 2. The lowest BCUT2D eigenvalue weighted by molar-refractivity contribution is 0.130. The van der Waals surface area contributed by atoms with E-state index in [-0.39, 0.29) is 29.8 Å². The van der Waals surface area contributed by atoms with Crippen molar-refractivity contribution in [2.45, 2.75) is 38.9 Å². The number of hydrogen-bond donors (Lipinski definition) is 0. The molecule has 3 heterocycles. The van der Waals surface area contributed by atoms with E-state index in [1.54, 1.807) is 4.68 Å². The molecule has 0 N–H and O–H groups in total. The van der Waals surface area contributed by atoms with E-state index in [1.165, 1.54) is 24.3 Å². The monoisotopic (exact) mass is 495 g/mol. The lowest BCUT2D eigenvalue weighted by atomic mass is 9.93. The summed E-state index contributed by atoms with van der Waals surface area (Å²) in [7, 11) is 1.88. The van der Waals surface area contributed by atoms with Crippen LogP contribution in [-0.2, 0) is 7.05 Å². The van der Waals surface area contributed by atoms with Gasteiger partial charge in [0.15, 0.2) is 5.65 Å². The van der Waals surface area contributed by atoms with E-state index in [0.29, 0.717) is 5.15 Å². The van der Waals surface area contributed by atoms with Crippen molar-refractivity contribution in [2.24, 2.45) is 7.05 Å². The quantitative estimate of drug-likeness (QED) is 0.330. The van der Waals surface area contributed by atoms with Crippen LogP contribution in [0.3, 0.4) is 0 Å². The van der Waals surface area contributed by atoms with E-state index in [0.717, 1.165) is 46.6 Å². The Hall–Kier alpha value is -3.03. The zero-order chi connectivity index (χ0) is 24.9. The molecular weight excluding hydrogens is 468 g/mol. The van der Waals surface area contributed by atoms with Gasteiger partial charge in [-0.2, -0.15) is 5.10 Å². The van der Waals surface area contributed by atoms with Crippen molar-refractivity contribution in [2.75, 3.05) is 18.0 Å². The van der Waals surface area contributed by atoms with Gasteiger partial charge in [0.1, 0.15) is 16.8 Å². The predicted molar refractivity (Wildman–Crippen MR) is 136 cm³/mol. The van der Waals surface area contributed by atoms with Crippen LogP contribution in [-0.4, -0.2) is 44.8 Å². The third-order valence-corrected chi connectivity index (χ3v) is 7.16. The van der Waals surface area contributed by atoms with Crippen molar-refractivity contribution in [3.63, 3.8) is 0 Å². The van der Waals surface area contributed by atoms with Crippen LogP contribution in [0.15, 0.2) is 54.6 Å². The Bertz CT molecular complexity index is 1310. The number of piperazine rings is 1. The predicted octanol–water partition coefficient (Wildman–Crippen LogP) is 5.90. The summed E-state index contributed by atoms with van der Waals surface area (Å²) in [5.41, 5.74) is 4.66. The SMILES string of the molecule is Cc1nn(C)c2nc(Cl)cc(N3C[C@@H](C)N(C(c4ccc(F)cc4)c4ccc(F)cc4)C[C@@H]3C)c12. The van der Waals surface area contributed by atoms with Gasteiger partial charge in [-0.15, -0.1) is 0 Å². The Morgan fingerprint density at radius 3 is 2.06 bits per heavy atom. The molecule has 0 saturated carbocycles. The van der Waals surface area contributed by atoms with E-state index in [1.807, 2.05) is 44.3 Å². The van der Waals surface area contributed by atoms with Gasteiger partial charge in [-0.1, -0.05) is 35.9 Å². The molecule has 8 heteroatoms. The van der Waals surface area contributed by atoms with Gasteiger partial charge >= 0.3 is 0 Å². The average Bonchev–Trinajstić information content (AvgIpc) is 3.11. The number of pyridine rings is 1. The summed E-state index contributed by atoms with van der Waals surface area (Å²) in [5, 5.41) is 6.02. The third-order valence-electron chi connectivity index (χ3n) is 6.96. The topological polar surface area (TPSA) is 37.2 Å². The van der Waals surface area contributed by atoms with Crippen LogP contribution < -0.4 is 4.90 Å². The van der Waals surface area contributed by atoms with Gasteiger partial charge in [0.05, 0.1) is 22.8 Å². The smallest absolute Gasteiger partial charge is 0.161 e. The molecule has 0 aliphatic carbocycles. The molecule has 2 aromatic heterocycles. The summed E-state index contributed by atoms with van der Waals surface area (Å²) in [6.45, 7) is 7.88. The molecule has 1 aliphatic rings. The molecule has 35 heavy (non-hydrogen) atoms. The molecule has 0 unspecified atom stereocenters. The second-order valence-electron chi connectivity index (χ2n) is 9.42. The summed E-state index contributed by atoms with van der Waals surface area (Å²) >= 11 is 6.42. The summed E-state index contributed by atoms with van der Waals surface area (Å²) in [5.74, 6) is -0.550. The first-order valence-corrected chi connectivity index (χ1v) is 12.1. The highest BCUT2D eigenvalue weighted by molar-refractivity contribution is 6.30. The maximum Gasteiger partial charge on any atom is 0.161 e. The maximum absolute atomic E-state index is 13.7. The van der Waals surface area contributed by atoms with Crippen molar-refractivity contribution < 1.29 is 8.78 Å². The van der Waals surface area contributed by atoms with Gasteiger partial charge in [-0.3, -0.25) is 9.58 Å². The van der Waals surface area contributed by atoms with E-state index < -0.39 is 0 Å². The highest BCUT2D eigenvalue weighted by atomic mass is 35.5. The van der Waals surface area contributed by atoms with E-state index >= 15 is 0 Å². The molecule has 5 nitrogen and oxygen atoms in total. The van der Waals surface area contributed by atoms with Crippen LogP contribution in [0, 0.1) is 18.6 Å². The molecule has 0 spiro atoms. The van der Waals surface area contributed by atoms with E-state index in [4.69, 9.17) is 11.6 Å². The molecule has 0 bridgehead atoms. The lowest BCUT2D eigenvalue weighted by Gasteiger charge is -2.48. The van der Waals surface area contributed by atoms with Crippen LogP contribution in [0.25, 0.3) is 11.0 Å². The van der Waals surface area contributed by atoms with Crippen molar-refractivity contribution in [3.05, 3.63) is 88.2 Å². The Labute approximate surface area is 208 Å². The molecular formula is C27H28ClF2N5. The summed E-state index contributed by atoms with van der Waals surface area (Å²) < 4.78 is 29.2. The van der Waals surface area contributed by atoms with Crippen molar-refractivity contribution in [1.29, 1.82) is 0 Å². The van der Waals surface area contributed by atoms with Crippen LogP contribution in [0.5, 0.6) is 0 Å². The Morgan fingerprint density at radius 1 is 0.914 bits per heavy atom. The minimum absolute atomic E-state index is 0.128. The van der Waals surface area contributed by atoms with Gasteiger partial charge in [0.25, 0.3) is 0 Å². The first kappa shape index (κ1) is 23.7. The van der Waals surface area contributed by atoms with Crippen molar-refractivity contribution in [3.8, 4) is 0 Å². The summed E-state index contributed by atoms with van der Waals surface area (Å²) in [4.78, 5) is 9.29. The fraction of sp³-hybridized carbons (Fsp3) is 0.333. The number of nitrogens with zero attached hydrogens (tertiary/aromatic N) is 5. The number of halogens is 3. The van der Waals surface area contributed by atoms with Crippen LogP contribution in [0.4, 0.5) is 14.5 Å². The standard InChI is InChI=1S/C27H28ClF2N5/c1-16-15-35(26(19-5-9-21(29)10-6-19)20-7-11-22(30)12-8-20)17(2)14-34(16)23-13-24(28)31-27-25(23)18(3)32-33(27)4/h5-13,16-17,26H,14-15H2,1-4H3/t16-,17+/m0/s1. The largest absolute Gasteiger partial charge is 0.365 e. The zero-order valence-electron chi connectivity index (χ0n) is 20.2. The number of aromatic nitrogens is 3. The average molecular weight is 496 g/mol. The van der Waals surface area contributed by atoms with Crippen LogP contribution in [0.2, 0.25) is 5.15 Å². The fourth-order valence-corrected chi connectivity index (χ4v) is 5.52. The summed E-state index contributed by atoms with van der Waals surface area (Å²) in [6, 6.07) is 15.3. The van der Waals surface area contributed by atoms with Crippen molar-refractivity contribution in [1.82, 2.24) is 19.7 Å². The molecule has 1 saturated heterocycles. The van der Waals surface area contributed by atoms with Gasteiger partial charge in [0, 0.05) is 32.2 Å². The highest BCUT2D eigenvalue weighted by Gasteiger charge is 2.36. The Balaban J connectivity index is 1.53. The lowest BCUT2D eigenvalue weighted by Crippen LogP contribution is -2.57. The number of hydrogen-bond acceptors (Lipinski definition) is 4. The molecule has 182 valence electrons. The zero-order valence-corrected chi connectivity index (χ0v) is 21.0. The first-order valence-electron chi connectivity index (χ1n) is 11.8. The minimum Gasteiger partial charge on any atom is -0.365 e. The number of rotatable bonds is 4. The van der Waals surface area contributed by atoms with Crippen LogP contribution >= 0.6 is 11.6 Å². The number of fused-ring (bicyclic) bond motifs is 1. The first-order chi connectivity index (χ1) is 16.7. The second kappa shape index (κ2) is 9.21. The molecule has 2 atom stereocenters.